The Labute approximate surface area is 265 Å². The van der Waals surface area contributed by atoms with Crippen LogP contribution in [0.5, 0.6) is 5.75 Å². The maximum absolute atomic E-state index is 13.6. The number of anilines is 2. The zero-order valence-electron chi connectivity index (χ0n) is 25.9. The van der Waals surface area contributed by atoms with Crippen molar-refractivity contribution in [3.8, 4) is 5.75 Å². The van der Waals surface area contributed by atoms with E-state index in [0.717, 1.165) is 36.5 Å². The third kappa shape index (κ3) is 10.1. The number of hydrogen-bond acceptors (Lipinski definition) is 7. The molecule has 0 atom stereocenters. The molecule has 1 aliphatic rings. The highest BCUT2D eigenvalue weighted by Crippen LogP contribution is 2.38. The topological polar surface area (TPSA) is 68.5 Å². The third-order valence-corrected chi connectivity index (χ3v) is 8.02. The van der Waals surface area contributed by atoms with E-state index in [1.807, 2.05) is 11.8 Å². The molecule has 17 heteroatoms. The number of halogens is 9. The Balaban J connectivity index is 1.72. The van der Waals surface area contributed by atoms with Crippen LogP contribution in [0.4, 0.5) is 51.1 Å². The lowest BCUT2D eigenvalue weighted by Crippen LogP contribution is -2.33. The number of methoxy groups -OCH3 is 1. The quantitative estimate of drug-likeness (QED) is 0.182. The molecule has 2 aromatic carbocycles. The Kier molecular flexibility index (Phi) is 11.2. The molecule has 0 bridgehead atoms. The van der Waals surface area contributed by atoms with E-state index in [2.05, 4.69) is 20.1 Å². The SMILES string of the molecule is CCN(CC1CCC(COC)CC1)c1cc(OC(F)(F)F)ccc1CN(Cc1cc(C(F)(F)F)cc(C(F)(F)F)c1)c1nnn(C)n1. The van der Waals surface area contributed by atoms with E-state index in [0.29, 0.717) is 49.0 Å². The highest BCUT2D eigenvalue weighted by atomic mass is 19.4. The minimum absolute atomic E-state index is 0.0355. The lowest BCUT2D eigenvalue weighted by atomic mass is 9.82. The molecular formula is C30H35F9N6O2. The first kappa shape index (κ1) is 36.1. The van der Waals surface area contributed by atoms with Crippen LogP contribution in [0.1, 0.15) is 54.9 Å². The van der Waals surface area contributed by atoms with Crippen LogP contribution in [-0.2, 0) is 37.2 Å². The van der Waals surface area contributed by atoms with Crippen LogP contribution in [0.2, 0.25) is 0 Å². The summed E-state index contributed by atoms with van der Waals surface area (Å²) in [4.78, 5) is 4.28. The number of aryl methyl sites for hydroxylation is 1. The number of tetrazole rings is 1. The van der Waals surface area contributed by atoms with Gasteiger partial charge >= 0.3 is 18.7 Å². The molecule has 8 nitrogen and oxygen atoms in total. The fourth-order valence-electron chi connectivity index (χ4n) is 5.83. The summed E-state index contributed by atoms with van der Waals surface area (Å²) in [6, 6.07) is 4.97. The first-order valence-electron chi connectivity index (χ1n) is 14.8. The average molecular weight is 683 g/mol. The van der Waals surface area contributed by atoms with E-state index in [4.69, 9.17) is 4.74 Å². The molecule has 1 aromatic heterocycles. The standard InChI is InChI=1S/C30H35F9N6O2/c1-4-44(15-19-5-7-20(8-6-19)18-46-3)26-14-25(47-30(37,38)39)10-9-22(26)17-45(27-40-42-43(2)41-27)16-21-11-23(28(31,32)33)13-24(12-21)29(34,35)36/h9-14,19-20H,4-8,15-18H2,1-3H3. The van der Waals surface area contributed by atoms with Crippen molar-refractivity contribution in [2.45, 2.75) is 64.4 Å². The molecule has 1 aliphatic carbocycles. The van der Waals surface area contributed by atoms with Crippen LogP contribution < -0.4 is 14.5 Å². The van der Waals surface area contributed by atoms with Crippen LogP contribution in [0.3, 0.4) is 0 Å². The van der Waals surface area contributed by atoms with Crippen molar-refractivity contribution in [2.75, 3.05) is 36.6 Å². The van der Waals surface area contributed by atoms with E-state index in [-0.39, 0.29) is 30.0 Å². The number of benzene rings is 2. The fourth-order valence-corrected chi connectivity index (χ4v) is 5.83. The third-order valence-electron chi connectivity index (χ3n) is 8.02. The molecule has 0 amide bonds. The molecule has 47 heavy (non-hydrogen) atoms. The van der Waals surface area contributed by atoms with Gasteiger partial charge in [-0.2, -0.15) is 31.1 Å². The van der Waals surface area contributed by atoms with Gasteiger partial charge in [0.15, 0.2) is 0 Å². The summed E-state index contributed by atoms with van der Waals surface area (Å²) in [7, 11) is 3.07. The lowest BCUT2D eigenvalue weighted by Gasteiger charge is -2.35. The monoisotopic (exact) mass is 682 g/mol. The van der Waals surface area contributed by atoms with Gasteiger partial charge in [-0.05, 0) is 85.0 Å². The van der Waals surface area contributed by atoms with Gasteiger partial charge in [0.1, 0.15) is 5.75 Å². The summed E-state index contributed by atoms with van der Waals surface area (Å²) in [6.07, 6.45) is -11.5. The molecule has 3 aromatic rings. The molecule has 0 spiro atoms. The van der Waals surface area contributed by atoms with Gasteiger partial charge in [-0.15, -0.1) is 18.3 Å². The van der Waals surface area contributed by atoms with Crippen molar-refractivity contribution in [3.63, 3.8) is 0 Å². The molecule has 1 fully saturated rings. The second-order valence-corrected chi connectivity index (χ2v) is 11.6. The van der Waals surface area contributed by atoms with E-state index in [1.165, 1.54) is 24.1 Å². The summed E-state index contributed by atoms with van der Waals surface area (Å²) in [5.74, 6) is 0.0637. The van der Waals surface area contributed by atoms with Gasteiger partial charge in [0.25, 0.3) is 5.95 Å². The van der Waals surface area contributed by atoms with Gasteiger partial charge in [-0.1, -0.05) is 11.2 Å². The predicted octanol–water partition coefficient (Wildman–Crippen LogP) is 7.63. The Morgan fingerprint density at radius 2 is 1.45 bits per heavy atom. The van der Waals surface area contributed by atoms with E-state index in [9.17, 15) is 39.5 Å². The molecule has 0 unspecified atom stereocenters. The van der Waals surface area contributed by atoms with Gasteiger partial charge in [-0.3, -0.25) is 0 Å². The van der Waals surface area contributed by atoms with Gasteiger partial charge in [0, 0.05) is 51.6 Å². The maximum atomic E-state index is 13.6. The van der Waals surface area contributed by atoms with E-state index in [1.54, 1.807) is 7.11 Å². The minimum atomic E-state index is -5.06. The van der Waals surface area contributed by atoms with Crippen LogP contribution in [0.25, 0.3) is 0 Å². The first-order chi connectivity index (χ1) is 21.9. The van der Waals surface area contributed by atoms with E-state index < -0.39 is 42.1 Å². The van der Waals surface area contributed by atoms with E-state index >= 15 is 0 Å². The summed E-state index contributed by atoms with van der Waals surface area (Å²) < 4.78 is 131. The second kappa shape index (κ2) is 14.6. The molecule has 1 heterocycles. The average Bonchev–Trinajstić information content (AvgIpc) is 3.41. The van der Waals surface area contributed by atoms with Gasteiger partial charge < -0.3 is 19.3 Å². The largest absolute Gasteiger partial charge is 0.573 e. The van der Waals surface area contributed by atoms with Crippen LogP contribution >= 0.6 is 0 Å². The summed E-state index contributed by atoms with van der Waals surface area (Å²) in [5, 5.41) is 11.8. The smallest absolute Gasteiger partial charge is 0.406 e. The molecule has 0 saturated heterocycles. The zero-order chi connectivity index (χ0) is 34.6. The van der Waals surface area contributed by atoms with Gasteiger partial charge in [0.2, 0.25) is 0 Å². The number of aromatic nitrogens is 4. The second-order valence-electron chi connectivity index (χ2n) is 11.6. The summed E-state index contributed by atoms with van der Waals surface area (Å²) in [5.41, 5.74) is -2.52. The molecule has 0 radical (unpaired) electrons. The van der Waals surface area contributed by atoms with Crippen LogP contribution in [0, 0.1) is 11.8 Å². The predicted molar refractivity (Wildman–Crippen MR) is 153 cm³/mol. The Hall–Kier alpha value is -3.76. The molecule has 0 N–H and O–H groups in total. The zero-order valence-corrected chi connectivity index (χ0v) is 25.9. The minimum Gasteiger partial charge on any atom is -0.406 e. The van der Waals surface area contributed by atoms with Gasteiger partial charge in [-0.25, -0.2) is 0 Å². The highest BCUT2D eigenvalue weighted by molar-refractivity contribution is 5.59. The maximum Gasteiger partial charge on any atom is 0.573 e. The van der Waals surface area contributed by atoms with Crippen LogP contribution in [-0.4, -0.2) is 53.4 Å². The molecular weight excluding hydrogens is 647 g/mol. The normalized spacial score (nSPS) is 17.5. The molecule has 260 valence electrons. The summed E-state index contributed by atoms with van der Waals surface area (Å²) in [6.45, 7) is 2.68. The summed E-state index contributed by atoms with van der Waals surface area (Å²) >= 11 is 0. The molecule has 1 saturated carbocycles. The Morgan fingerprint density at radius 3 is 1.96 bits per heavy atom. The van der Waals surface area contributed by atoms with Crippen molar-refractivity contribution in [2.24, 2.45) is 18.9 Å². The first-order valence-corrected chi connectivity index (χ1v) is 14.8. The van der Waals surface area contributed by atoms with Gasteiger partial charge in [0.05, 0.1) is 18.2 Å². The van der Waals surface area contributed by atoms with Crippen molar-refractivity contribution in [1.82, 2.24) is 20.2 Å². The Morgan fingerprint density at radius 1 is 0.830 bits per heavy atom. The van der Waals surface area contributed by atoms with Crippen molar-refractivity contribution in [1.29, 1.82) is 0 Å². The Bertz CT molecular complexity index is 1440. The number of nitrogens with zero attached hydrogens (tertiary/aromatic N) is 6. The van der Waals surface area contributed by atoms with Crippen molar-refractivity contribution < 1.29 is 49.0 Å². The number of rotatable bonds is 12. The van der Waals surface area contributed by atoms with Crippen LogP contribution in [0.15, 0.2) is 36.4 Å². The number of ether oxygens (including phenoxy) is 2. The highest BCUT2D eigenvalue weighted by Gasteiger charge is 2.37. The molecule has 4 rings (SSSR count). The number of alkyl halides is 9. The van der Waals surface area contributed by atoms with Crippen molar-refractivity contribution in [3.05, 3.63) is 58.7 Å². The fraction of sp³-hybridized carbons (Fsp3) is 0.567. The molecule has 0 aliphatic heterocycles. The van der Waals surface area contributed by atoms with Crippen molar-refractivity contribution >= 4 is 11.6 Å². The number of hydrogen-bond donors (Lipinski definition) is 0. The lowest BCUT2D eigenvalue weighted by molar-refractivity contribution is -0.274.